The molecule has 1 saturated heterocycles. The van der Waals surface area contributed by atoms with E-state index in [0.717, 1.165) is 6.07 Å². The average Bonchev–Trinajstić information content (AvgIpc) is 2.46. The molecule has 0 radical (unpaired) electrons. The van der Waals surface area contributed by atoms with Crippen LogP contribution in [0.4, 0.5) is 4.39 Å². The molecule has 2 amide bonds. The van der Waals surface area contributed by atoms with Crippen LogP contribution in [0.2, 0.25) is 5.02 Å². The van der Waals surface area contributed by atoms with Crippen molar-refractivity contribution in [2.75, 3.05) is 13.1 Å². The van der Waals surface area contributed by atoms with Crippen LogP contribution in [0.3, 0.4) is 0 Å². The molecule has 1 N–H and O–H groups in total. The number of benzene rings is 1. The van der Waals surface area contributed by atoms with E-state index < -0.39 is 17.1 Å². The number of carbonyl (C=O) groups excluding carboxylic acids is 2. The molecule has 0 unspecified atom stereocenters. The van der Waals surface area contributed by atoms with Gasteiger partial charge >= 0.3 is 0 Å². The van der Waals surface area contributed by atoms with Gasteiger partial charge < -0.3 is 10.2 Å². The maximum Gasteiger partial charge on any atom is 0.254 e. The predicted octanol–water partition coefficient (Wildman–Crippen LogP) is 3.25. The van der Waals surface area contributed by atoms with E-state index in [0.29, 0.717) is 25.9 Å². The van der Waals surface area contributed by atoms with Gasteiger partial charge in [0.1, 0.15) is 5.82 Å². The molecule has 0 atom stereocenters. The largest absolute Gasteiger partial charge is 0.349 e. The summed E-state index contributed by atoms with van der Waals surface area (Å²) in [5.74, 6) is -0.957. The Labute approximate surface area is 141 Å². The minimum absolute atomic E-state index is 0.0115. The fourth-order valence-electron chi connectivity index (χ4n) is 2.64. The van der Waals surface area contributed by atoms with Crippen LogP contribution in [-0.2, 0) is 4.79 Å². The lowest BCUT2D eigenvalue weighted by Gasteiger charge is -2.36. The van der Waals surface area contributed by atoms with E-state index in [-0.39, 0.29) is 22.5 Å². The van der Waals surface area contributed by atoms with E-state index in [9.17, 15) is 14.0 Å². The molecule has 1 heterocycles. The number of rotatable bonds is 2. The number of nitrogens with zero attached hydrogens (tertiary/aromatic N) is 1. The topological polar surface area (TPSA) is 49.4 Å². The molecule has 2 rings (SSSR count). The van der Waals surface area contributed by atoms with E-state index in [1.165, 1.54) is 12.1 Å². The van der Waals surface area contributed by atoms with E-state index in [2.05, 4.69) is 5.32 Å². The normalized spacial score (nSPS) is 16.3. The molecule has 1 aliphatic heterocycles. The minimum Gasteiger partial charge on any atom is -0.349 e. The third kappa shape index (κ3) is 4.44. The number of halogens is 2. The number of amides is 2. The highest BCUT2D eigenvalue weighted by molar-refractivity contribution is 6.30. The second-order valence-electron chi connectivity index (χ2n) is 6.91. The van der Waals surface area contributed by atoms with Gasteiger partial charge in [0.25, 0.3) is 5.91 Å². The van der Waals surface area contributed by atoms with Crippen LogP contribution in [0, 0.1) is 11.2 Å². The van der Waals surface area contributed by atoms with Crippen LogP contribution in [0.1, 0.15) is 44.0 Å². The van der Waals surface area contributed by atoms with Gasteiger partial charge in [0.2, 0.25) is 5.91 Å². The summed E-state index contributed by atoms with van der Waals surface area (Å²) in [5.41, 5.74) is -0.412. The molecule has 0 aromatic heterocycles. The molecular weight excluding hydrogens is 319 g/mol. The van der Waals surface area contributed by atoms with E-state index in [4.69, 9.17) is 11.6 Å². The van der Waals surface area contributed by atoms with Gasteiger partial charge in [-0.3, -0.25) is 9.59 Å². The molecule has 1 fully saturated rings. The SMILES string of the molecule is CC(C)(C)C(=O)N1CCC(NC(=O)c2ccc(Cl)cc2F)CC1. The van der Waals surface area contributed by atoms with Crippen molar-refractivity contribution in [3.63, 3.8) is 0 Å². The fourth-order valence-corrected chi connectivity index (χ4v) is 2.80. The van der Waals surface area contributed by atoms with Crippen LogP contribution >= 0.6 is 11.6 Å². The zero-order valence-corrected chi connectivity index (χ0v) is 14.4. The molecule has 1 aliphatic rings. The van der Waals surface area contributed by atoms with Gasteiger partial charge in [0.05, 0.1) is 5.56 Å². The number of hydrogen-bond acceptors (Lipinski definition) is 2. The monoisotopic (exact) mass is 340 g/mol. The fraction of sp³-hybridized carbons (Fsp3) is 0.529. The Morgan fingerprint density at radius 1 is 1.26 bits per heavy atom. The molecule has 0 spiro atoms. The van der Waals surface area contributed by atoms with Crippen molar-refractivity contribution >= 4 is 23.4 Å². The maximum absolute atomic E-state index is 13.8. The number of carbonyl (C=O) groups is 2. The highest BCUT2D eigenvalue weighted by Crippen LogP contribution is 2.21. The molecule has 23 heavy (non-hydrogen) atoms. The van der Waals surface area contributed by atoms with Crippen LogP contribution in [-0.4, -0.2) is 35.8 Å². The minimum atomic E-state index is -0.629. The second kappa shape index (κ2) is 6.87. The van der Waals surface area contributed by atoms with E-state index >= 15 is 0 Å². The molecule has 0 bridgehead atoms. The van der Waals surface area contributed by atoms with E-state index in [1.54, 1.807) is 0 Å². The van der Waals surface area contributed by atoms with Gasteiger partial charge in [-0.2, -0.15) is 0 Å². The average molecular weight is 341 g/mol. The Kier molecular flexibility index (Phi) is 5.30. The van der Waals surface area contributed by atoms with Crippen molar-refractivity contribution in [1.82, 2.24) is 10.2 Å². The van der Waals surface area contributed by atoms with Crippen LogP contribution in [0.15, 0.2) is 18.2 Å². The number of nitrogens with one attached hydrogen (secondary N) is 1. The number of likely N-dealkylation sites (tertiary alicyclic amines) is 1. The first kappa shape index (κ1) is 17.7. The zero-order valence-electron chi connectivity index (χ0n) is 13.7. The Balaban J connectivity index is 1.91. The van der Waals surface area contributed by atoms with Crippen LogP contribution in [0.25, 0.3) is 0 Å². The highest BCUT2D eigenvalue weighted by Gasteiger charge is 2.30. The molecular formula is C17H22ClFN2O2. The van der Waals surface area contributed by atoms with Crippen molar-refractivity contribution in [2.24, 2.45) is 5.41 Å². The standard InChI is InChI=1S/C17H22ClFN2O2/c1-17(2,3)16(23)21-8-6-12(7-9-21)20-15(22)13-5-4-11(18)10-14(13)19/h4-5,10,12H,6-9H2,1-3H3,(H,20,22). The summed E-state index contributed by atoms with van der Waals surface area (Å²) in [7, 11) is 0. The maximum atomic E-state index is 13.8. The summed E-state index contributed by atoms with van der Waals surface area (Å²) in [4.78, 5) is 26.2. The highest BCUT2D eigenvalue weighted by atomic mass is 35.5. The first-order valence-electron chi connectivity index (χ1n) is 7.74. The Hall–Kier alpha value is -1.62. The third-order valence-corrected chi connectivity index (χ3v) is 4.17. The van der Waals surface area contributed by atoms with Gasteiger partial charge in [-0.05, 0) is 31.0 Å². The molecule has 6 heteroatoms. The predicted molar refractivity (Wildman–Crippen MR) is 87.9 cm³/mol. The zero-order chi connectivity index (χ0) is 17.2. The first-order valence-corrected chi connectivity index (χ1v) is 8.11. The quantitative estimate of drug-likeness (QED) is 0.898. The van der Waals surface area contributed by atoms with Crippen molar-refractivity contribution < 1.29 is 14.0 Å². The van der Waals surface area contributed by atoms with Crippen LogP contribution in [0.5, 0.6) is 0 Å². The smallest absolute Gasteiger partial charge is 0.254 e. The molecule has 1 aromatic carbocycles. The molecule has 0 aliphatic carbocycles. The number of piperidine rings is 1. The lowest BCUT2D eigenvalue weighted by molar-refractivity contribution is -0.140. The summed E-state index contributed by atoms with van der Waals surface area (Å²) < 4.78 is 13.8. The van der Waals surface area contributed by atoms with Crippen molar-refractivity contribution in [3.05, 3.63) is 34.6 Å². The first-order chi connectivity index (χ1) is 10.7. The Bertz CT molecular complexity index is 605. The van der Waals surface area contributed by atoms with Gasteiger partial charge in [-0.25, -0.2) is 4.39 Å². The lowest BCUT2D eigenvalue weighted by Crippen LogP contribution is -2.49. The molecule has 4 nitrogen and oxygen atoms in total. The molecule has 126 valence electrons. The van der Waals surface area contributed by atoms with Gasteiger partial charge in [0.15, 0.2) is 0 Å². The lowest BCUT2D eigenvalue weighted by atomic mass is 9.93. The van der Waals surface area contributed by atoms with Gasteiger partial charge in [0, 0.05) is 29.6 Å². The summed E-state index contributed by atoms with van der Waals surface area (Å²) in [6.07, 6.45) is 1.34. The van der Waals surface area contributed by atoms with Crippen LogP contribution < -0.4 is 5.32 Å². The summed E-state index contributed by atoms with van der Waals surface area (Å²) in [6, 6.07) is 3.94. The Morgan fingerprint density at radius 2 is 1.87 bits per heavy atom. The third-order valence-electron chi connectivity index (χ3n) is 3.93. The van der Waals surface area contributed by atoms with Crippen molar-refractivity contribution in [3.8, 4) is 0 Å². The van der Waals surface area contributed by atoms with Crippen molar-refractivity contribution in [2.45, 2.75) is 39.7 Å². The van der Waals surface area contributed by atoms with Crippen molar-refractivity contribution in [1.29, 1.82) is 0 Å². The summed E-state index contributed by atoms with van der Waals surface area (Å²) >= 11 is 5.69. The van der Waals surface area contributed by atoms with Gasteiger partial charge in [-0.1, -0.05) is 32.4 Å². The van der Waals surface area contributed by atoms with Gasteiger partial charge in [-0.15, -0.1) is 0 Å². The summed E-state index contributed by atoms with van der Waals surface area (Å²) in [5, 5.41) is 3.09. The van der Waals surface area contributed by atoms with E-state index in [1.807, 2.05) is 25.7 Å². The molecule has 1 aromatic rings. The number of hydrogen-bond donors (Lipinski definition) is 1. The second-order valence-corrected chi connectivity index (χ2v) is 7.35. The summed E-state index contributed by atoms with van der Waals surface area (Å²) in [6.45, 7) is 6.89. The Morgan fingerprint density at radius 3 is 2.39 bits per heavy atom. The molecule has 0 saturated carbocycles.